The number of thioether (sulfide) groups is 2. The molecule has 0 saturated carbocycles. The van der Waals surface area contributed by atoms with Crippen LogP contribution in [0, 0.1) is 0 Å². The van der Waals surface area contributed by atoms with Gasteiger partial charge in [-0.15, -0.1) is 23.5 Å². The van der Waals surface area contributed by atoms with Gasteiger partial charge < -0.3 is 4.79 Å². The minimum atomic E-state index is -0.318. The van der Waals surface area contributed by atoms with Crippen LogP contribution < -0.4 is 0 Å². The van der Waals surface area contributed by atoms with Gasteiger partial charge in [0.2, 0.25) is 0 Å². The standard InChI is InChI=1S/C11H10OS2/c12-9-11(13-6-7-14-11)8-10-4-2-1-3-5-10/h1-7,9H,8H2. The molecule has 14 heavy (non-hydrogen) atoms. The lowest BCUT2D eigenvalue weighted by molar-refractivity contribution is -0.108. The summed E-state index contributed by atoms with van der Waals surface area (Å²) in [4.78, 5) is 11.1. The van der Waals surface area contributed by atoms with E-state index in [1.54, 1.807) is 23.5 Å². The molecule has 0 radical (unpaired) electrons. The molecule has 72 valence electrons. The highest BCUT2D eigenvalue weighted by Gasteiger charge is 2.32. The van der Waals surface area contributed by atoms with Crippen molar-refractivity contribution in [1.29, 1.82) is 0 Å². The Morgan fingerprint density at radius 1 is 1.14 bits per heavy atom. The molecule has 0 N–H and O–H groups in total. The van der Waals surface area contributed by atoms with E-state index in [0.717, 1.165) is 12.7 Å². The number of aldehydes is 1. The number of benzene rings is 1. The lowest BCUT2D eigenvalue weighted by Gasteiger charge is -2.19. The number of carbonyl (C=O) groups is 1. The van der Waals surface area contributed by atoms with Gasteiger partial charge in [0.05, 0.1) is 0 Å². The summed E-state index contributed by atoms with van der Waals surface area (Å²) in [6.45, 7) is 0. The predicted octanol–water partition coefficient (Wildman–Crippen LogP) is 3.08. The quantitative estimate of drug-likeness (QED) is 0.732. The summed E-state index contributed by atoms with van der Waals surface area (Å²) < 4.78 is -0.318. The molecule has 0 amide bonds. The van der Waals surface area contributed by atoms with Crippen LogP contribution in [0.4, 0.5) is 0 Å². The van der Waals surface area contributed by atoms with E-state index in [1.165, 1.54) is 5.56 Å². The molecule has 0 aromatic heterocycles. The Kier molecular flexibility index (Phi) is 2.99. The number of hydrogen-bond acceptors (Lipinski definition) is 3. The first-order chi connectivity index (χ1) is 6.85. The predicted molar refractivity (Wildman–Crippen MR) is 63.3 cm³/mol. The third-order valence-corrected chi connectivity index (χ3v) is 4.64. The Balaban J connectivity index is 2.13. The van der Waals surface area contributed by atoms with E-state index < -0.39 is 0 Å². The second kappa shape index (κ2) is 4.24. The molecule has 2 rings (SSSR count). The fourth-order valence-corrected chi connectivity index (χ4v) is 3.45. The maximum absolute atomic E-state index is 11.1. The molecule has 1 heterocycles. The topological polar surface area (TPSA) is 17.1 Å². The van der Waals surface area contributed by atoms with E-state index >= 15 is 0 Å². The average molecular weight is 222 g/mol. The van der Waals surface area contributed by atoms with E-state index in [9.17, 15) is 4.79 Å². The van der Waals surface area contributed by atoms with Gasteiger partial charge >= 0.3 is 0 Å². The van der Waals surface area contributed by atoms with Crippen molar-refractivity contribution in [3.05, 3.63) is 46.7 Å². The van der Waals surface area contributed by atoms with Crippen LogP contribution in [0.15, 0.2) is 41.1 Å². The van der Waals surface area contributed by atoms with Crippen molar-refractivity contribution >= 4 is 29.8 Å². The highest BCUT2D eigenvalue weighted by Crippen LogP contribution is 2.45. The molecule has 0 saturated heterocycles. The summed E-state index contributed by atoms with van der Waals surface area (Å²) in [7, 11) is 0. The fraction of sp³-hybridized carbons (Fsp3) is 0.182. The van der Waals surface area contributed by atoms with Gasteiger partial charge in [0, 0.05) is 6.42 Å². The van der Waals surface area contributed by atoms with Gasteiger partial charge in [-0.25, -0.2) is 0 Å². The van der Waals surface area contributed by atoms with E-state index in [0.29, 0.717) is 0 Å². The lowest BCUT2D eigenvalue weighted by Crippen LogP contribution is -2.22. The summed E-state index contributed by atoms with van der Waals surface area (Å²) in [6.07, 6.45) is 1.84. The Bertz CT molecular complexity index is 338. The maximum Gasteiger partial charge on any atom is 0.147 e. The zero-order valence-electron chi connectivity index (χ0n) is 7.55. The van der Waals surface area contributed by atoms with Crippen LogP contribution in [-0.2, 0) is 11.2 Å². The van der Waals surface area contributed by atoms with Crippen molar-refractivity contribution in [2.75, 3.05) is 0 Å². The van der Waals surface area contributed by atoms with Crippen molar-refractivity contribution in [3.8, 4) is 0 Å². The summed E-state index contributed by atoms with van der Waals surface area (Å²) in [5.74, 6) is 0. The maximum atomic E-state index is 11.1. The minimum absolute atomic E-state index is 0.318. The number of hydrogen-bond donors (Lipinski definition) is 0. The molecule has 0 spiro atoms. The number of rotatable bonds is 3. The van der Waals surface area contributed by atoms with Gasteiger partial charge in [0.1, 0.15) is 10.4 Å². The van der Waals surface area contributed by atoms with Crippen LogP contribution in [0.2, 0.25) is 0 Å². The minimum Gasteiger partial charge on any atom is -0.301 e. The van der Waals surface area contributed by atoms with Gasteiger partial charge in [0.15, 0.2) is 0 Å². The van der Waals surface area contributed by atoms with Crippen LogP contribution >= 0.6 is 23.5 Å². The third-order valence-electron chi connectivity index (χ3n) is 2.06. The van der Waals surface area contributed by atoms with Crippen LogP contribution in [-0.4, -0.2) is 10.4 Å². The number of carbonyl (C=O) groups excluding carboxylic acids is 1. The van der Waals surface area contributed by atoms with Gasteiger partial charge in [-0.2, -0.15) is 0 Å². The zero-order chi connectivity index (χ0) is 9.86. The van der Waals surface area contributed by atoms with E-state index in [4.69, 9.17) is 0 Å². The molecular formula is C11H10OS2. The van der Waals surface area contributed by atoms with Crippen molar-refractivity contribution in [3.63, 3.8) is 0 Å². The van der Waals surface area contributed by atoms with Crippen LogP contribution in [0.5, 0.6) is 0 Å². The van der Waals surface area contributed by atoms with Gasteiger partial charge in [-0.3, -0.25) is 0 Å². The van der Waals surface area contributed by atoms with E-state index in [1.807, 2.05) is 29.0 Å². The summed E-state index contributed by atoms with van der Waals surface area (Å²) in [5.41, 5.74) is 1.21. The first-order valence-corrected chi connectivity index (χ1v) is 6.11. The molecule has 1 aliphatic rings. The molecule has 0 fully saturated rings. The largest absolute Gasteiger partial charge is 0.301 e. The lowest BCUT2D eigenvalue weighted by atomic mass is 10.1. The Morgan fingerprint density at radius 3 is 2.36 bits per heavy atom. The van der Waals surface area contributed by atoms with Crippen molar-refractivity contribution in [2.45, 2.75) is 10.5 Å². The third kappa shape index (κ3) is 2.04. The van der Waals surface area contributed by atoms with Crippen LogP contribution in [0.3, 0.4) is 0 Å². The molecule has 1 nitrogen and oxygen atoms in total. The molecule has 1 aliphatic heterocycles. The second-order valence-corrected chi connectivity index (χ2v) is 5.83. The molecule has 3 heteroatoms. The van der Waals surface area contributed by atoms with Gasteiger partial charge in [-0.05, 0) is 16.4 Å². The smallest absolute Gasteiger partial charge is 0.147 e. The fourth-order valence-electron chi connectivity index (χ4n) is 1.37. The van der Waals surface area contributed by atoms with Gasteiger partial charge in [0.25, 0.3) is 0 Å². The Labute approximate surface area is 92.0 Å². The van der Waals surface area contributed by atoms with Crippen molar-refractivity contribution in [2.24, 2.45) is 0 Å². The molecule has 0 atom stereocenters. The highest BCUT2D eigenvalue weighted by atomic mass is 32.2. The van der Waals surface area contributed by atoms with E-state index in [2.05, 4.69) is 12.1 Å². The van der Waals surface area contributed by atoms with Crippen molar-refractivity contribution < 1.29 is 4.79 Å². The summed E-state index contributed by atoms with van der Waals surface area (Å²) >= 11 is 3.20. The zero-order valence-corrected chi connectivity index (χ0v) is 9.18. The highest BCUT2D eigenvalue weighted by molar-refractivity contribution is 8.24. The molecule has 1 aromatic carbocycles. The normalized spacial score (nSPS) is 18.3. The van der Waals surface area contributed by atoms with E-state index in [-0.39, 0.29) is 4.08 Å². The molecular weight excluding hydrogens is 212 g/mol. The molecule has 0 unspecified atom stereocenters. The van der Waals surface area contributed by atoms with Gasteiger partial charge in [-0.1, -0.05) is 30.3 Å². The van der Waals surface area contributed by atoms with Crippen LogP contribution in [0.25, 0.3) is 0 Å². The van der Waals surface area contributed by atoms with Crippen LogP contribution in [0.1, 0.15) is 5.56 Å². The molecule has 0 bridgehead atoms. The summed E-state index contributed by atoms with van der Waals surface area (Å²) in [6, 6.07) is 10.1. The Hall–Kier alpha value is -0.670. The Morgan fingerprint density at radius 2 is 1.79 bits per heavy atom. The first kappa shape index (κ1) is 9.87. The monoisotopic (exact) mass is 222 g/mol. The SMILES string of the molecule is O=CC1(Cc2ccccc2)SC=CS1. The first-order valence-electron chi connectivity index (χ1n) is 4.36. The average Bonchev–Trinajstić information content (AvgIpc) is 2.69. The summed E-state index contributed by atoms with van der Waals surface area (Å²) in [5, 5.41) is 3.98. The van der Waals surface area contributed by atoms with Crippen molar-refractivity contribution in [1.82, 2.24) is 0 Å². The molecule has 1 aromatic rings. The second-order valence-electron chi connectivity index (χ2n) is 3.10. The molecule has 0 aliphatic carbocycles.